The van der Waals surface area contributed by atoms with E-state index in [1.54, 1.807) is 26.0 Å². The first kappa shape index (κ1) is 14.3. The van der Waals surface area contributed by atoms with Crippen LogP contribution in [0.15, 0.2) is 18.2 Å². The molecule has 1 aliphatic heterocycles. The molecular formula is C13H19FN2O2S. The largest absolute Gasteiger partial charge is 0.364 e. The summed E-state index contributed by atoms with van der Waals surface area (Å²) in [5, 5.41) is 0. The van der Waals surface area contributed by atoms with Crippen LogP contribution < -0.4 is 10.6 Å². The van der Waals surface area contributed by atoms with Crippen LogP contribution in [0.2, 0.25) is 0 Å². The van der Waals surface area contributed by atoms with Crippen molar-refractivity contribution in [1.82, 2.24) is 0 Å². The minimum absolute atomic E-state index is 0.0553. The molecule has 0 amide bonds. The van der Waals surface area contributed by atoms with Gasteiger partial charge in [-0.2, -0.15) is 0 Å². The van der Waals surface area contributed by atoms with E-state index in [1.807, 2.05) is 4.90 Å². The Balaban J connectivity index is 2.42. The molecule has 4 nitrogen and oxygen atoms in total. The van der Waals surface area contributed by atoms with Gasteiger partial charge in [0.2, 0.25) is 0 Å². The van der Waals surface area contributed by atoms with Crippen LogP contribution in [-0.2, 0) is 9.84 Å². The number of nitrogens with two attached hydrogens (primary N) is 1. The van der Waals surface area contributed by atoms with Crippen LogP contribution >= 0.6 is 0 Å². The Morgan fingerprint density at radius 1 is 1.47 bits per heavy atom. The standard InChI is InChI=1S/C13H19FN2O2S/c1-9-8-19(17,18)7-6-16(9)13-11(10(2)15)4-3-5-12(13)14/h3-5,9-10H,6-8,15H2,1-2H3. The molecule has 2 unspecified atom stereocenters. The van der Waals surface area contributed by atoms with E-state index in [1.165, 1.54) is 6.07 Å². The van der Waals surface area contributed by atoms with Gasteiger partial charge in [0, 0.05) is 18.6 Å². The number of hydrogen-bond donors (Lipinski definition) is 1. The predicted molar refractivity (Wildman–Crippen MR) is 74.5 cm³/mol. The van der Waals surface area contributed by atoms with Crippen molar-refractivity contribution in [2.24, 2.45) is 5.73 Å². The second kappa shape index (κ2) is 5.09. The summed E-state index contributed by atoms with van der Waals surface area (Å²) in [6.07, 6.45) is 0. The lowest BCUT2D eigenvalue weighted by molar-refractivity contribution is 0.556. The maximum absolute atomic E-state index is 14.1. The lowest BCUT2D eigenvalue weighted by Crippen LogP contribution is -2.47. The van der Waals surface area contributed by atoms with Crippen LogP contribution in [0.5, 0.6) is 0 Å². The number of anilines is 1. The van der Waals surface area contributed by atoms with E-state index in [2.05, 4.69) is 0 Å². The first-order valence-electron chi connectivity index (χ1n) is 6.33. The highest BCUT2D eigenvalue weighted by Gasteiger charge is 2.31. The minimum atomic E-state index is -3.01. The van der Waals surface area contributed by atoms with Gasteiger partial charge in [-0.05, 0) is 25.5 Å². The molecule has 0 spiro atoms. The summed E-state index contributed by atoms with van der Waals surface area (Å²) in [5.41, 5.74) is 7.04. The van der Waals surface area contributed by atoms with E-state index < -0.39 is 9.84 Å². The van der Waals surface area contributed by atoms with Crippen molar-refractivity contribution in [2.75, 3.05) is 23.0 Å². The number of rotatable bonds is 2. The third kappa shape index (κ3) is 2.90. The van der Waals surface area contributed by atoms with Gasteiger partial charge in [-0.3, -0.25) is 0 Å². The Morgan fingerprint density at radius 3 is 2.74 bits per heavy atom. The molecule has 0 aliphatic carbocycles. The molecule has 1 heterocycles. The molecular weight excluding hydrogens is 267 g/mol. The molecule has 2 atom stereocenters. The van der Waals surface area contributed by atoms with Gasteiger partial charge in [-0.1, -0.05) is 12.1 Å². The zero-order valence-electron chi connectivity index (χ0n) is 11.1. The molecule has 1 aromatic carbocycles. The second-order valence-electron chi connectivity index (χ2n) is 5.12. The topological polar surface area (TPSA) is 63.4 Å². The molecule has 0 radical (unpaired) electrons. The summed E-state index contributed by atoms with van der Waals surface area (Å²) in [7, 11) is -3.01. The maximum atomic E-state index is 14.1. The van der Waals surface area contributed by atoms with Crippen molar-refractivity contribution >= 4 is 15.5 Å². The van der Waals surface area contributed by atoms with E-state index in [0.29, 0.717) is 17.8 Å². The van der Waals surface area contributed by atoms with E-state index >= 15 is 0 Å². The number of nitrogens with zero attached hydrogens (tertiary/aromatic N) is 1. The molecule has 6 heteroatoms. The van der Waals surface area contributed by atoms with Gasteiger partial charge in [0.1, 0.15) is 5.82 Å². The van der Waals surface area contributed by atoms with E-state index in [-0.39, 0.29) is 29.4 Å². The van der Waals surface area contributed by atoms with Crippen molar-refractivity contribution in [1.29, 1.82) is 0 Å². The molecule has 106 valence electrons. The first-order chi connectivity index (χ1) is 8.82. The van der Waals surface area contributed by atoms with Crippen molar-refractivity contribution in [3.8, 4) is 0 Å². The van der Waals surface area contributed by atoms with Crippen LogP contribution in [-0.4, -0.2) is 32.5 Å². The summed E-state index contributed by atoms with van der Waals surface area (Å²) < 4.78 is 37.3. The predicted octanol–water partition coefficient (Wildman–Crippen LogP) is 1.47. The van der Waals surface area contributed by atoms with Crippen LogP contribution in [0.25, 0.3) is 0 Å². The van der Waals surface area contributed by atoms with Crippen LogP contribution in [0.3, 0.4) is 0 Å². The van der Waals surface area contributed by atoms with Crippen LogP contribution in [0, 0.1) is 5.82 Å². The van der Waals surface area contributed by atoms with Gasteiger partial charge in [-0.25, -0.2) is 12.8 Å². The summed E-state index contributed by atoms with van der Waals surface area (Å²) in [4.78, 5) is 1.81. The van der Waals surface area contributed by atoms with Crippen molar-refractivity contribution in [2.45, 2.75) is 25.9 Å². The summed E-state index contributed by atoms with van der Waals surface area (Å²) in [6.45, 7) is 3.90. The van der Waals surface area contributed by atoms with E-state index in [0.717, 1.165) is 0 Å². The zero-order chi connectivity index (χ0) is 14.2. The SMILES string of the molecule is CC(N)c1cccc(F)c1N1CCS(=O)(=O)CC1C. The van der Waals surface area contributed by atoms with Gasteiger partial charge in [0.15, 0.2) is 9.84 Å². The third-order valence-corrected chi connectivity index (χ3v) is 5.26. The molecule has 1 saturated heterocycles. The number of halogens is 1. The van der Waals surface area contributed by atoms with Crippen LogP contribution in [0.1, 0.15) is 25.5 Å². The fraction of sp³-hybridized carbons (Fsp3) is 0.538. The minimum Gasteiger partial charge on any atom is -0.364 e. The Morgan fingerprint density at radius 2 is 2.16 bits per heavy atom. The average molecular weight is 286 g/mol. The molecule has 0 bridgehead atoms. The normalized spacial score (nSPS) is 24.2. The lowest BCUT2D eigenvalue weighted by Gasteiger charge is -2.37. The van der Waals surface area contributed by atoms with Crippen molar-refractivity contribution in [3.63, 3.8) is 0 Å². The first-order valence-corrected chi connectivity index (χ1v) is 8.15. The van der Waals surface area contributed by atoms with Gasteiger partial charge in [0.05, 0.1) is 17.2 Å². The molecule has 1 aliphatic rings. The maximum Gasteiger partial charge on any atom is 0.154 e. The summed E-state index contributed by atoms with van der Waals surface area (Å²) >= 11 is 0. The van der Waals surface area contributed by atoms with Gasteiger partial charge < -0.3 is 10.6 Å². The quantitative estimate of drug-likeness (QED) is 0.894. The lowest BCUT2D eigenvalue weighted by atomic mass is 10.0. The highest BCUT2D eigenvalue weighted by Crippen LogP contribution is 2.31. The van der Waals surface area contributed by atoms with Crippen LogP contribution in [0.4, 0.5) is 10.1 Å². The summed E-state index contributed by atoms with van der Waals surface area (Å²) in [5.74, 6) is -0.231. The highest BCUT2D eigenvalue weighted by molar-refractivity contribution is 7.91. The number of benzene rings is 1. The Labute approximate surface area is 113 Å². The fourth-order valence-electron chi connectivity index (χ4n) is 2.53. The summed E-state index contributed by atoms with van der Waals surface area (Å²) in [6, 6.07) is 4.27. The Bertz CT molecular complexity index is 572. The molecule has 0 aromatic heterocycles. The van der Waals surface area contributed by atoms with E-state index in [9.17, 15) is 12.8 Å². The van der Waals surface area contributed by atoms with E-state index in [4.69, 9.17) is 5.73 Å². The Kier molecular flexibility index (Phi) is 3.82. The molecule has 2 N–H and O–H groups in total. The number of sulfone groups is 1. The van der Waals surface area contributed by atoms with Gasteiger partial charge >= 0.3 is 0 Å². The van der Waals surface area contributed by atoms with Gasteiger partial charge in [-0.15, -0.1) is 0 Å². The zero-order valence-corrected chi connectivity index (χ0v) is 12.0. The molecule has 19 heavy (non-hydrogen) atoms. The number of para-hydroxylation sites is 1. The van der Waals surface area contributed by atoms with Gasteiger partial charge in [0.25, 0.3) is 0 Å². The molecule has 2 rings (SSSR count). The monoisotopic (exact) mass is 286 g/mol. The second-order valence-corrected chi connectivity index (χ2v) is 7.35. The molecule has 1 fully saturated rings. The van der Waals surface area contributed by atoms with Crippen molar-refractivity contribution in [3.05, 3.63) is 29.6 Å². The van der Waals surface area contributed by atoms with Crippen molar-refractivity contribution < 1.29 is 12.8 Å². The molecule has 0 saturated carbocycles. The smallest absolute Gasteiger partial charge is 0.154 e. The fourth-order valence-corrected chi connectivity index (χ4v) is 4.09. The highest BCUT2D eigenvalue weighted by atomic mass is 32.2. The number of hydrogen-bond acceptors (Lipinski definition) is 4. The Hall–Kier alpha value is -1.14. The average Bonchev–Trinajstić information content (AvgIpc) is 2.28. The molecule has 1 aromatic rings. The third-order valence-electron chi connectivity index (χ3n) is 3.47.